The zero-order valence-corrected chi connectivity index (χ0v) is 17.1. The summed E-state index contributed by atoms with van der Waals surface area (Å²) in [5.74, 6) is 0.715. The SMILES string of the molecule is CC1(C)CC(N(c2ncccn2)c2cc3ccccc3s2)CC(C)(C)N1O. The van der Waals surface area contributed by atoms with Crippen molar-refractivity contribution in [3.8, 4) is 0 Å². The highest BCUT2D eigenvalue weighted by Crippen LogP contribution is 2.44. The number of thiophene rings is 1. The smallest absolute Gasteiger partial charge is 0.230 e. The monoisotopic (exact) mass is 382 g/mol. The molecule has 142 valence electrons. The fraction of sp³-hybridized carbons (Fsp3) is 0.429. The van der Waals surface area contributed by atoms with Crippen molar-refractivity contribution in [1.29, 1.82) is 0 Å². The second-order valence-corrected chi connectivity index (χ2v) is 9.60. The van der Waals surface area contributed by atoms with Crippen LogP contribution in [0.5, 0.6) is 0 Å². The third kappa shape index (κ3) is 3.33. The number of hydrogen-bond acceptors (Lipinski definition) is 6. The van der Waals surface area contributed by atoms with Crippen LogP contribution >= 0.6 is 11.3 Å². The zero-order valence-electron chi connectivity index (χ0n) is 16.3. The molecule has 1 aliphatic rings. The van der Waals surface area contributed by atoms with Crippen molar-refractivity contribution in [3.05, 3.63) is 48.8 Å². The average Bonchev–Trinajstić information content (AvgIpc) is 3.04. The van der Waals surface area contributed by atoms with Gasteiger partial charge in [-0.05, 0) is 64.1 Å². The van der Waals surface area contributed by atoms with Gasteiger partial charge >= 0.3 is 0 Å². The summed E-state index contributed by atoms with van der Waals surface area (Å²) in [6.07, 6.45) is 5.22. The van der Waals surface area contributed by atoms with Gasteiger partial charge in [0.1, 0.15) is 0 Å². The van der Waals surface area contributed by atoms with Crippen LogP contribution in [0.4, 0.5) is 10.9 Å². The molecule has 5 nitrogen and oxygen atoms in total. The molecule has 0 saturated carbocycles. The van der Waals surface area contributed by atoms with Gasteiger partial charge in [0.2, 0.25) is 5.95 Å². The van der Waals surface area contributed by atoms with Gasteiger partial charge in [0.15, 0.2) is 0 Å². The summed E-state index contributed by atoms with van der Waals surface area (Å²) < 4.78 is 1.26. The molecule has 27 heavy (non-hydrogen) atoms. The molecule has 0 spiro atoms. The summed E-state index contributed by atoms with van der Waals surface area (Å²) >= 11 is 1.76. The Morgan fingerprint density at radius 1 is 1.04 bits per heavy atom. The van der Waals surface area contributed by atoms with Crippen LogP contribution in [-0.2, 0) is 0 Å². The first kappa shape index (κ1) is 18.3. The van der Waals surface area contributed by atoms with E-state index in [-0.39, 0.29) is 17.1 Å². The molecular weight excluding hydrogens is 356 g/mol. The van der Waals surface area contributed by atoms with Crippen LogP contribution in [0.15, 0.2) is 48.8 Å². The predicted octanol–water partition coefficient (Wildman–Crippen LogP) is 5.24. The standard InChI is InChI=1S/C21H26N4OS/c1-20(2)13-16(14-21(3,4)25(20)26)24(19-22-10-7-11-23-19)18-12-15-8-5-6-9-17(15)27-18/h5-12,16,26H,13-14H2,1-4H3. The summed E-state index contributed by atoms with van der Waals surface area (Å²) in [6, 6.07) is 12.7. The van der Waals surface area contributed by atoms with Crippen molar-refractivity contribution in [2.24, 2.45) is 0 Å². The fourth-order valence-electron chi connectivity index (χ4n) is 4.34. The summed E-state index contributed by atoms with van der Waals surface area (Å²) in [5.41, 5.74) is -0.674. The quantitative estimate of drug-likeness (QED) is 0.671. The Morgan fingerprint density at radius 3 is 2.30 bits per heavy atom. The molecule has 0 bridgehead atoms. The molecule has 1 N–H and O–H groups in total. The van der Waals surface area contributed by atoms with E-state index >= 15 is 0 Å². The van der Waals surface area contributed by atoms with Crippen LogP contribution in [0.3, 0.4) is 0 Å². The van der Waals surface area contributed by atoms with Gasteiger partial charge < -0.3 is 5.21 Å². The zero-order chi connectivity index (χ0) is 19.2. The van der Waals surface area contributed by atoms with Crippen LogP contribution < -0.4 is 4.90 Å². The van der Waals surface area contributed by atoms with Crippen LogP contribution in [0.1, 0.15) is 40.5 Å². The average molecular weight is 383 g/mol. The number of hydrogen-bond donors (Lipinski definition) is 1. The van der Waals surface area contributed by atoms with E-state index in [2.05, 4.69) is 72.9 Å². The van der Waals surface area contributed by atoms with E-state index in [1.54, 1.807) is 23.7 Å². The number of benzene rings is 1. The summed E-state index contributed by atoms with van der Waals surface area (Å²) in [5, 5.41) is 14.6. The second-order valence-electron chi connectivity index (χ2n) is 8.54. The van der Waals surface area contributed by atoms with Gasteiger partial charge in [0.05, 0.1) is 5.00 Å². The molecule has 1 aromatic carbocycles. The minimum absolute atomic E-state index is 0.189. The van der Waals surface area contributed by atoms with Gasteiger partial charge in [-0.2, -0.15) is 5.06 Å². The molecule has 0 amide bonds. The lowest BCUT2D eigenvalue weighted by Gasteiger charge is -2.53. The van der Waals surface area contributed by atoms with Crippen LogP contribution in [0, 0.1) is 0 Å². The molecule has 1 saturated heterocycles. The van der Waals surface area contributed by atoms with Gasteiger partial charge in [0, 0.05) is 34.2 Å². The van der Waals surface area contributed by atoms with E-state index in [1.807, 2.05) is 6.07 Å². The maximum absolute atomic E-state index is 10.7. The van der Waals surface area contributed by atoms with E-state index in [9.17, 15) is 5.21 Å². The lowest BCUT2D eigenvalue weighted by Crippen LogP contribution is -2.62. The van der Waals surface area contributed by atoms with E-state index in [0.29, 0.717) is 5.95 Å². The highest BCUT2D eigenvalue weighted by molar-refractivity contribution is 7.22. The van der Waals surface area contributed by atoms with Crippen molar-refractivity contribution in [1.82, 2.24) is 15.0 Å². The summed E-state index contributed by atoms with van der Waals surface area (Å²) in [4.78, 5) is 11.4. The topological polar surface area (TPSA) is 52.5 Å². The number of piperidine rings is 1. The second kappa shape index (κ2) is 6.55. The highest BCUT2D eigenvalue weighted by atomic mass is 32.1. The Kier molecular flexibility index (Phi) is 4.45. The van der Waals surface area contributed by atoms with Crippen LogP contribution in [-0.4, -0.2) is 37.4 Å². The first-order valence-electron chi connectivity index (χ1n) is 9.32. The van der Waals surface area contributed by atoms with Gasteiger partial charge in [0.25, 0.3) is 0 Å². The molecule has 4 rings (SSSR count). The number of aromatic nitrogens is 2. The fourth-order valence-corrected chi connectivity index (χ4v) is 5.48. The number of rotatable bonds is 3. The molecule has 0 unspecified atom stereocenters. The van der Waals surface area contributed by atoms with Gasteiger partial charge in [-0.3, -0.25) is 4.90 Å². The van der Waals surface area contributed by atoms with Crippen LogP contribution in [0.25, 0.3) is 10.1 Å². The Morgan fingerprint density at radius 2 is 1.67 bits per heavy atom. The predicted molar refractivity (Wildman–Crippen MR) is 111 cm³/mol. The third-order valence-corrected chi connectivity index (χ3v) is 6.52. The van der Waals surface area contributed by atoms with Gasteiger partial charge in [-0.25, -0.2) is 9.97 Å². The van der Waals surface area contributed by atoms with Crippen molar-refractivity contribution < 1.29 is 5.21 Å². The normalized spacial score (nSPS) is 20.0. The third-order valence-electron chi connectivity index (χ3n) is 5.40. The number of fused-ring (bicyclic) bond motifs is 1. The van der Waals surface area contributed by atoms with E-state index in [0.717, 1.165) is 17.8 Å². The minimum Gasteiger partial charge on any atom is -0.313 e. The number of hydroxylamine groups is 2. The van der Waals surface area contributed by atoms with Gasteiger partial charge in [-0.15, -0.1) is 11.3 Å². The Labute approximate surface area is 164 Å². The molecule has 6 heteroatoms. The molecule has 3 aromatic rings. The minimum atomic E-state index is -0.337. The van der Waals surface area contributed by atoms with Crippen molar-refractivity contribution >= 4 is 32.4 Å². The largest absolute Gasteiger partial charge is 0.313 e. The van der Waals surface area contributed by atoms with E-state index in [1.165, 1.54) is 15.1 Å². The molecule has 1 aliphatic heterocycles. The highest BCUT2D eigenvalue weighted by Gasteiger charge is 2.47. The molecule has 0 aliphatic carbocycles. The Hall–Kier alpha value is -2.02. The maximum atomic E-state index is 10.7. The maximum Gasteiger partial charge on any atom is 0.230 e. The summed E-state index contributed by atoms with van der Waals surface area (Å²) in [6.45, 7) is 8.37. The molecule has 0 radical (unpaired) electrons. The van der Waals surface area contributed by atoms with Gasteiger partial charge in [-0.1, -0.05) is 18.2 Å². The molecule has 0 atom stereocenters. The number of nitrogens with zero attached hydrogens (tertiary/aromatic N) is 4. The molecule has 3 heterocycles. The summed E-state index contributed by atoms with van der Waals surface area (Å²) in [7, 11) is 0. The molecule has 1 fully saturated rings. The van der Waals surface area contributed by atoms with E-state index < -0.39 is 0 Å². The molecular formula is C21H26N4OS. The lowest BCUT2D eigenvalue weighted by atomic mass is 9.78. The first-order valence-corrected chi connectivity index (χ1v) is 10.1. The van der Waals surface area contributed by atoms with Crippen molar-refractivity contribution in [2.75, 3.05) is 4.90 Å². The Balaban J connectivity index is 1.81. The van der Waals surface area contributed by atoms with Crippen molar-refractivity contribution in [2.45, 2.75) is 57.7 Å². The lowest BCUT2D eigenvalue weighted by molar-refractivity contribution is -0.244. The number of anilines is 2. The van der Waals surface area contributed by atoms with E-state index in [4.69, 9.17) is 0 Å². The first-order chi connectivity index (χ1) is 12.8. The molecule has 2 aromatic heterocycles. The van der Waals surface area contributed by atoms with Crippen molar-refractivity contribution in [3.63, 3.8) is 0 Å². The Bertz CT molecular complexity index is 887. The van der Waals surface area contributed by atoms with Crippen LogP contribution in [0.2, 0.25) is 0 Å².